The van der Waals surface area contributed by atoms with Crippen LogP contribution in [0.1, 0.15) is 12.0 Å². The molecule has 184 valence electrons. The Hall–Kier alpha value is -3.90. The molecule has 3 aromatic rings. The standard InChI is InChI=1S/C23H19F3N2O7/c24-23(25,26)17-4-2-1-3-15(17)18-7-12-5-6-13(8-16(12)19(30)27-18)28-10-14(35-21(28)33)9-22(34,11-29)20(31)32/h1-8,14,29,34H,9-11H2,(H,27,30)(H,31,32)/p-1/t14-,22+/m0/s1. The van der Waals surface area contributed by atoms with Crippen molar-refractivity contribution in [3.8, 4) is 11.3 Å². The summed E-state index contributed by atoms with van der Waals surface area (Å²) in [4.78, 5) is 39.7. The first kappa shape index (κ1) is 24.2. The Morgan fingerprint density at radius 2 is 1.89 bits per heavy atom. The number of pyridine rings is 1. The van der Waals surface area contributed by atoms with Gasteiger partial charge in [-0.15, -0.1) is 0 Å². The van der Waals surface area contributed by atoms with Gasteiger partial charge < -0.3 is 29.8 Å². The number of nitrogens with one attached hydrogen (secondary N) is 1. The molecular weight excluding hydrogens is 473 g/mol. The van der Waals surface area contributed by atoms with Crippen LogP contribution in [0.2, 0.25) is 0 Å². The van der Waals surface area contributed by atoms with E-state index in [0.717, 1.165) is 11.0 Å². The number of rotatable bonds is 6. The number of fused-ring (bicyclic) bond motifs is 1. The van der Waals surface area contributed by atoms with Crippen molar-refractivity contribution in [2.75, 3.05) is 18.1 Å². The Balaban J connectivity index is 1.66. The van der Waals surface area contributed by atoms with Gasteiger partial charge in [-0.25, -0.2) is 4.79 Å². The molecule has 1 fully saturated rings. The smallest absolute Gasteiger partial charge is 0.417 e. The summed E-state index contributed by atoms with van der Waals surface area (Å²) in [6.45, 7) is -1.33. The molecule has 3 N–H and O–H groups in total. The average Bonchev–Trinajstić information content (AvgIpc) is 3.17. The number of H-pyrrole nitrogens is 1. The van der Waals surface area contributed by atoms with Crippen LogP contribution in [0, 0.1) is 0 Å². The number of carboxylic acids is 1. The third kappa shape index (κ3) is 4.57. The van der Waals surface area contributed by atoms with E-state index in [2.05, 4.69) is 4.98 Å². The van der Waals surface area contributed by atoms with Crippen molar-refractivity contribution in [3.63, 3.8) is 0 Å². The van der Waals surface area contributed by atoms with E-state index >= 15 is 0 Å². The zero-order chi connectivity index (χ0) is 25.5. The van der Waals surface area contributed by atoms with Crippen LogP contribution in [0.5, 0.6) is 0 Å². The fourth-order valence-corrected chi connectivity index (χ4v) is 3.95. The number of aromatic amines is 1. The second kappa shape index (κ2) is 8.71. The van der Waals surface area contributed by atoms with Crippen LogP contribution >= 0.6 is 0 Å². The molecule has 0 unspecified atom stereocenters. The molecule has 0 radical (unpaired) electrons. The van der Waals surface area contributed by atoms with Crippen molar-refractivity contribution in [2.45, 2.75) is 24.3 Å². The number of hydrogen-bond donors (Lipinski definition) is 3. The molecule has 2 aromatic carbocycles. The molecule has 35 heavy (non-hydrogen) atoms. The number of aliphatic hydroxyl groups excluding tert-OH is 1. The molecule has 12 heteroatoms. The first-order chi connectivity index (χ1) is 16.4. The van der Waals surface area contributed by atoms with Crippen molar-refractivity contribution < 1.29 is 42.8 Å². The van der Waals surface area contributed by atoms with Crippen molar-refractivity contribution in [2.24, 2.45) is 0 Å². The number of amides is 1. The third-order valence-electron chi connectivity index (χ3n) is 5.74. The number of nitrogens with zero attached hydrogens (tertiary/aromatic N) is 1. The fourth-order valence-electron chi connectivity index (χ4n) is 3.95. The Morgan fingerprint density at radius 1 is 1.17 bits per heavy atom. The fraction of sp³-hybridized carbons (Fsp3) is 0.261. The zero-order valence-electron chi connectivity index (χ0n) is 17.8. The lowest BCUT2D eigenvalue weighted by Gasteiger charge is -2.28. The summed E-state index contributed by atoms with van der Waals surface area (Å²) < 4.78 is 45.3. The number of alkyl halides is 3. The van der Waals surface area contributed by atoms with Crippen LogP contribution in [0.4, 0.5) is 23.7 Å². The number of aliphatic carboxylic acids is 1. The van der Waals surface area contributed by atoms with Gasteiger partial charge in [0.25, 0.3) is 5.56 Å². The molecule has 0 spiro atoms. The van der Waals surface area contributed by atoms with Crippen molar-refractivity contribution in [1.82, 2.24) is 4.98 Å². The number of anilines is 1. The topological polar surface area (TPSA) is 143 Å². The van der Waals surface area contributed by atoms with Crippen molar-refractivity contribution in [1.29, 1.82) is 0 Å². The molecule has 0 aliphatic carbocycles. The van der Waals surface area contributed by atoms with Gasteiger partial charge in [0.15, 0.2) is 0 Å². The first-order valence-electron chi connectivity index (χ1n) is 10.3. The lowest BCUT2D eigenvalue weighted by Crippen LogP contribution is -2.53. The number of aliphatic hydroxyl groups is 2. The average molecular weight is 491 g/mol. The largest absolute Gasteiger partial charge is 0.547 e. The quantitative estimate of drug-likeness (QED) is 0.473. The molecule has 2 atom stereocenters. The number of hydrogen-bond acceptors (Lipinski definition) is 7. The molecule has 1 aliphatic rings. The summed E-state index contributed by atoms with van der Waals surface area (Å²) in [5.41, 5.74) is -4.22. The van der Waals surface area contributed by atoms with Crippen LogP contribution in [-0.4, -0.2) is 52.1 Å². The second-order valence-corrected chi connectivity index (χ2v) is 8.12. The highest BCUT2D eigenvalue weighted by Crippen LogP contribution is 2.37. The van der Waals surface area contributed by atoms with Gasteiger partial charge in [0, 0.05) is 28.8 Å². The number of benzene rings is 2. The van der Waals surface area contributed by atoms with Gasteiger partial charge in [-0.05, 0) is 29.7 Å². The van der Waals surface area contributed by atoms with E-state index in [-0.39, 0.29) is 28.9 Å². The molecular formula is C23H18F3N2O7-. The minimum atomic E-state index is -4.63. The van der Waals surface area contributed by atoms with Crippen LogP contribution in [0.25, 0.3) is 22.0 Å². The van der Waals surface area contributed by atoms with E-state index in [1.165, 1.54) is 42.5 Å². The lowest BCUT2D eigenvalue weighted by atomic mass is 9.97. The molecule has 1 amide bonds. The maximum absolute atomic E-state index is 13.4. The molecule has 4 rings (SSSR count). The molecule has 0 saturated carbocycles. The molecule has 1 saturated heterocycles. The van der Waals surface area contributed by atoms with Crippen LogP contribution in [-0.2, 0) is 15.7 Å². The van der Waals surface area contributed by atoms with Crippen molar-refractivity contribution >= 4 is 28.5 Å². The van der Waals surface area contributed by atoms with E-state index in [9.17, 15) is 37.8 Å². The summed E-state index contributed by atoms with van der Waals surface area (Å²) in [6, 6.07) is 10.4. The Bertz CT molecular complexity index is 1370. The van der Waals surface area contributed by atoms with Crippen molar-refractivity contribution in [3.05, 3.63) is 64.4 Å². The van der Waals surface area contributed by atoms with E-state index in [4.69, 9.17) is 9.84 Å². The number of carbonyl (C=O) groups excluding carboxylic acids is 2. The predicted octanol–water partition coefficient (Wildman–Crippen LogP) is 1.40. The van der Waals surface area contributed by atoms with Gasteiger partial charge in [-0.2, -0.15) is 13.2 Å². The van der Waals surface area contributed by atoms with Gasteiger partial charge in [0.2, 0.25) is 0 Å². The summed E-state index contributed by atoms with van der Waals surface area (Å²) in [5.74, 6) is -1.92. The summed E-state index contributed by atoms with van der Waals surface area (Å²) >= 11 is 0. The van der Waals surface area contributed by atoms with Crippen LogP contribution in [0.15, 0.2) is 53.3 Å². The normalized spacial score (nSPS) is 17.9. The SMILES string of the molecule is O=C1O[C@@H](C[C@@](O)(CO)C(=O)[O-])CN1c1ccc2cc(-c3ccccc3C(F)(F)F)[nH]c(=O)c2c1. The minimum Gasteiger partial charge on any atom is -0.547 e. The molecule has 1 aromatic heterocycles. The second-order valence-electron chi connectivity index (χ2n) is 8.12. The van der Waals surface area contributed by atoms with Gasteiger partial charge in [-0.3, -0.25) is 9.69 Å². The number of cyclic esters (lactones) is 1. The van der Waals surface area contributed by atoms with Gasteiger partial charge >= 0.3 is 12.3 Å². The first-order valence-corrected chi connectivity index (χ1v) is 10.3. The molecule has 9 nitrogen and oxygen atoms in total. The predicted molar refractivity (Wildman–Crippen MR) is 114 cm³/mol. The van der Waals surface area contributed by atoms with E-state index in [1.807, 2.05) is 0 Å². The number of halogens is 3. The van der Waals surface area contributed by atoms with Gasteiger partial charge in [0.1, 0.15) is 11.7 Å². The van der Waals surface area contributed by atoms with Crippen LogP contribution in [0.3, 0.4) is 0 Å². The summed E-state index contributed by atoms with van der Waals surface area (Å²) in [5, 5.41) is 30.6. The number of aromatic nitrogens is 1. The zero-order valence-corrected chi connectivity index (χ0v) is 17.8. The highest BCUT2D eigenvalue weighted by molar-refractivity contribution is 5.95. The lowest BCUT2D eigenvalue weighted by molar-refractivity contribution is -0.327. The molecule has 2 heterocycles. The maximum Gasteiger partial charge on any atom is 0.417 e. The van der Waals surface area contributed by atoms with Gasteiger partial charge in [-0.1, -0.05) is 24.3 Å². The monoisotopic (exact) mass is 491 g/mol. The van der Waals surface area contributed by atoms with Gasteiger partial charge in [0.05, 0.1) is 24.7 Å². The number of ether oxygens (including phenoxy) is 1. The highest BCUT2D eigenvalue weighted by Gasteiger charge is 2.40. The summed E-state index contributed by atoms with van der Waals surface area (Å²) in [7, 11) is 0. The van der Waals surface area contributed by atoms with Crippen LogP contribution < -0.4 is 15.6 Å². The van der Waals surface area contributed by atoms with E-state index in [1.54, 1.807) is 0 Å². The maximum atomic E-state index is 13.4. The van der Waals surface area contributed by atoms with E-state index < -0.39 is 54.1 Å². The Labute approximate surface area is 195 Å². The third-order valence-corrected chi connectivity index (χ3v) is 5.74. The Morgan fingerprint density at radius 3 is 2.54 bits per heavy atom. The Kier molecular flexibility index (Phi) is 6.03. The number of carbonyl (C=O) groups is 2. The van der Waals surface area contributed by atoms with E-state index in [0.29, 0.717) is 5.39 Å². The molecule has 0 bridgehead atoms. The highest BCUT2D eigenvalue weighted by atomic mass is 19.4. The summed E-state index contributed by atoms with van der Waals surface area (Å²) in [6.07, 6.45) is -7.21. The molecule has 1 aliphatic heterocycles. The number of carboxylic acid groups (broad SMARTS) is 1. The minimum absolute atomic E-state index is 0.0330.